The number of sulfonamides is 1. The van der Waals surface area contributed by atoms with E-state index in [1.165, 1.54) is 9.21 Å². The molecule has 0 amide bonds. The van der Waals surface area contributed by atoms with Gasteiger partial charge >= 0.3 is 0 Å². The lowest BCUT2D eigenvalue weighted by molar-refractivity contribution is -0.903. The molecule has 2 rings (SSSR count). The van der Waals surface area contributed by atoms with Gasteiger partial charge in [-0.2, -0.15) is 0 Å². The first-order chi connectivity index (χ1) is 14.4. The van der Waals surface area contributed by atoms with Crippen LogP contribution in [0.4, 0.5) is 5.69 Å². The zero-order valence-corrected chi connectivity index (χ0v) is 19.4. The van der Waals surface area contributed by atoms with Gasteiger partial charge in [-0.25, -0.2) is 8.42 Å². The molecule has 0 radical (unpaired) electrons. The number of nitrogens with one attached hydrogen (secondary N) is 1. The van der Waals surface area contributed by atoms with E-state index in [1.54, 1.807) is 42.5 Å². The second-order valence-electron chi connectivity index (χ2n) is 8.00. The fourth-order valence-electron chi connectivity index (χ4n) is 3.54. The first-order valence-corrected chi connectivity index (χ1v) is 12.5. The van der Waals surface area contributed by atoms with E-state index in [1.807, 2.05) is 19.1 Å². The minimum absolute atomic E-state index is 0.0437. The van der Waals surface area contributed by atoms with Crippen molar-refractivity contribution in [2.24, 2.45) is 0 Å². The lowest BCUT2D eigenvalue weighted by Crippen LogP contribution is -3.13. The number of unbranched alkanes of at least 4 members (excludes halogenated alkanes) is 2. The number of aliphatic hydroxyl groups excluding tert-OH is 1. The fraction of sp³-hybridized carbons (Fsp3) is 0.500. The highest BCUT2D eigenvalue weighted by Gasteiger charge is 2.28. The van der Waals surface area contributed by atoms with Gasteiger partial charge in [0.1, 0.15) is 12.6 Å². The largest absolute Gasteiger partial charge is 0.385 e. The molecule has 0 saturated heterocycles. The maximum atomic E-state index is 13.4. The summed E-state index contributed by atoms with van der Waals surface area (Å²) >= 11 is 0. The Morgan fingerprint density at radius 3 is 2.03 bits per heavy atom. The van der Waals surface area contributed by atoms with E-state index >= 15 is 0 Å². The molecule has 2 N–H and O–H groups in total. The molecule has 2 aromatic carbocycles. The van der Waals surface area contributed by atoms with Crippen LogP contribution in [-0.4, -0.2) is 45.8 Å². The molecule has 0 aliphatic heterocycles. The molecule has 0 unspecified atom stereocenters. The number of hydrogen-bond donors (Lipinski definition) is 2. The second-order valence-corrected chi connectivity index (χ2v) is 9.86. The molecule has 30 heavy (non-hydrogen) atoms. The van der Waals surface area contributed by atoms with Crippen molar-refractivity contribution in [2.45, 2.75) is 57.5 Å². The molecule has 2 aromatic rings. The summed E-state index contributed by atoms with van der Waals surface area (Å²) in [5.74, 6) is 0. The van der Waals surface area contributed by atoms with Gasteiger partial charge in [0.05, 0.1) is 30.2 Å². The zero-order valence-electron chi connectivity index (χ0n) is 18.5. The van der Waals surface area contributed by atoms with Crippen LogP contribution in [0.5, 0.6) is 0 Å². The summed E-state index contributed by atoms with van der Waals surface area (Å²) in [6.07, 6.45) is 3.70. The van der Waals surface area contributed by atoms with E-state index in [2.05, 4.69) is 13.8 Å². The monoisotopic (exact) mass is 433 g/mol. The third-order valence-electron chi connectivity index (χ3n) is 5.32. The molecule has 0 aromatic heterocycles. The molecule has 0 saturated carbocycles. The highest BCUT2D eigenvalue weighted by molar-refractivity contribution is 7.92. The van der Waals surface area contributed by atoms with E-state index in [0.717, 1.165) is 44.3 Å². The van der Waals surface area contributed by atoms with E-state index in [4.69, 9.17) is 0 Å². The van der Waals surface area contributed by atoms with Crippen molar-refractivity contribution in [3.05, 3.63) is 60.2 Å². The highest BCUT2D eigenvalue weighted by Crippen LogP contribution is 2.24. The molecule has 0 bridgehead atoms. The Kier molecular flexibility index (Phi) is 9.82. The lowest BCUT2D eigenvalue weighted by Gasteiger charge is -2.29. The normalized spacial score (nSPS) is 12.8. The topological polar surface area (TPSA) is 62.1 Å². The number of quaternary nitrogens is 1. The van der Waals surface area contributed by atoms with Crippen molar-refractivity contribution in [3.63, 3.8) is 0 Å². The average Bonchev–Trinajstić information content (AvgIpc) is 2.75. The molecule has 0 heterocycles. The van der Waals surface area contributed by atoms with Crippen LogP contribution in [0, 0.1) is 6.92 Å². The summed E-state index contributed by atoms with van der Waals surface area (Å²) in [4.78, 5) is 1.58. The molecular formula is C24H37N2O3S+. The zero-order chi connectivity index (χ0) is 22.0. The van der Waals surface area contributed by atoms with Crippen LogP contribution in [0.3, 0.4) is 0 Å². The lowest BCUT2D eigenvalue weighted by atomic mass is 10.2. The minimum atomic E-state index is -3.77. The van der Waals surface area contributed by atoms with Crippen LogP contribution in [0.15, 0.2) is 59.5 Å². The van der Waals surface area contributed by atoms with Crippen molar-refractivity contribution in [1.29, 1.82) is 0 Å². The van der Waals surface area contributed by atoms with Gasteiger partial charge in [0, 0.05) is 0 Å². The van der Waals surface area contributed by atoms with Crippen molar-refractivity contribution >= 4 is 15.7 Å². The van der Waals surface area contributed by atoms with E-state index in [0.29, 0.717) is 12.2 Å². The van der Waals surface area contributed by atoms with E-state index in [-0.39, 0.29) is 11.4 Å². The van der Waals surface area contributed by atoms with Gasteiger partial charge < -0.3 is 10.0 Å². The summed E-state index contributed by atoms with van der Waals surface area (Å²) < 4.78 is 28.1. The van der Waals surface area contributed by atoms with Crippen LogP contribution < -0.4 is 9.21 Å². The van der Waals surface area contributed by atoms with Gasteiger partial charge in [0.2, 0.25) is 0 Å². The molecule has 5 nitrogen and oxygen atoms in total. The Morgan fingerprint density at radius 1 is 0.933 bits per heavy atom. The minimum Gasteiger partial charge on any atom is -0.385 e. The Hall–Kier alpha value is -1.89. The number of rotatable bonds is 13. The SMILES string of the molecule is CCCC[NH+](CCCC)C[C@@H](O)CN(c1ccc(C)cc1)S(=O)(=O)c1ccccc1. The first-order valence-electron chi connectivity index (χ1n) is 11.0. The quantitative estimate of drug-likeness (QED) is 0.510. The van der Waals surface area contributed by atoms with Gasteiger partial charge in [-0.15, -0.1) is 0 Å². The van der Waals surface area contributed by atoms with E-state index < -0.39 is 16.1 Å². The van der Waals surface area contributed by atoms with Crippen LogP contribution in [0.1, 0.15) is 45.1 Å². The van der Waals surface area contributed by atoms with Crippen LogP contribution >= 0.6 is 0 Å². The number of aryl methyl sites for hydroxylation is 1. The first kappa shape index (κ1) is 24.4. The average molecular weight is 434 g/mol. The smallest absolute Gasteiger partial charge is 0.264 e. The number of benzene rings is 2. The predicted molar refractivity (Wildman–Crippen MR) is 124 cm³/mol. The maximum absolute atomic E-state index is 13.4. The van der Waals surface area contributed by atoms with Crippen molar-refractivity contribution in [1.82, 2.24) is 0 Å². The van der Waals surface area contributed by atoms with Crippen molar-refractivity contribution in [2.75, 3.05) is 30.5 Å². The van der Waals surface area contributed by atoms with Crippen molar-refractivity contribution < 1.29 is 18.4 Å². The molecule has 0 aliphatic carbocycles. The Bertz CT molecular complexity index is 831. The number of hydrogen-bond acceptors (Lipinski definition) is 3. The van der Waals surface area contributed by atoms with Crippen LogP contribution in [-0.2, 0) is 10.0 Å². The van der Waals surface area contributed by atoms with Crippen LogP contribution in [0.25, 0.3) is 0 Å². The molecular weight excluding hydrogens is 396 g/mol. The number of nitrogens with zero attached hydrogens (tertiary/aromatic N) is 1. The van der Waals surface area contributed by atoms with Gasteiger partial charge in [-0.05, 0) is 44.0 Å². The van der Waals surface area contributed by atoms with Crippen LogP contribution in [0.2, 0.25) is 0 Å². The van der Waals surface area contributed by atoms with Gasteiger partial charge in [0.25, 0.3) is 10.0 Å². The third kappa shape index (κ3) is 7.11. The fourth-order valence-corrected chi connectivity index (χ4v) is 5.07. The van der Waals surface area contributed by atoms with Crippen molar-refractivity contribution in [3.8, 4) is 0 Å². The second kappa shape index (κ2) is 12.1. The third-order valence-corrected chi connectivity index (χ3v) is 7.13. The summed E-state index contributed by atoms with van der Waals surface area (Å²) in [5, 5.41) is 10.9. The maximum Gasteiger partial charge on any atom is 0.264 e. The molecule has 0 spiro atoms. The summed E-state index contributed by atoms with van der Waals surface area (Å²) in [6, 6.07) is 15.8. The molecule has 0 fully saturated rings. The molecule has 166 valence electrons. The molecule has 6 heteroatoms. The van der Waals surface area contributed by atoms with Gasteiger partial charge in [-0.1, -0.05) is 62.6 Å². The Balaban J connectivity index is 2.25. The molecule has 0 aliphatic rings. The highest BCUT2D eigenvalue weighted by atomic mass is 32.2. The Morgan fingerprint density at radius 2 is 1.50 bits per heavy atom. The Labute approximate surface area is 182 Å². The van der Waals surface area contributed by atoms with E-state index in [9.17, 15) is 13.5 Å². The number of aliphatic hydroxyl groups is 1. The van der Waals surface area contributed by atoms with Gasteiger partial charge in [0.15, 0.2) is 0 Å². The number of anilines is 1. The van der Waals surface area contributed by atoms with Gasteiger partial charge in [-0.3, -0.25) is 4.31 Å². The standard InChI is InChI=1S/C24H36N2O3S/c1-4-6-17-25(18-7-5-2)19-23(27)20-26(22-15-13-21(3)14-16-22)30(28,29)24-11-9-8-10-12-24/h8-16,23,27H,4-7,17-20H2,1-3H3/p+1/t23-/m1/s1. The summed E-state index contributed by atoms with van der Waals surface area (Å²) in [5.41, 5.74) is 1.64. The summed E-state index contributed by atoms with van der Waals surface area (Å²) in [6.45, 7) is 8.90. The predicted octanol–water partition coefficient (Wildman–Crippen LogP) is 3.04. The summed E-state index contributed by atoms with van der Waals surface area (Å²) in [7, 11) is -3.77. The molecule has 1 atom stereocenters.